The molecule has 4 nitrogen and oxygen atoms in total. The molecule has 0 aromatic heterocycles. The van der Waals surface area contributed by atoms with Crippen LogP contribution >= 0.6 is 0 Å². The molecule has 0 N–H and O–H groups in total. The van der Waals surface area contributed by atoms with Crippen LogP contribution in [0.25, 0.3) is 11.1 Å². The zero-order valence-electron chi connectivity index (χ0n) is 19.2. The lowest BCUT2D eigenvalue weighted by Gasteiger charge is -2.18. The van der Waals surface area contributed by atoms with E-state index in [0.29, 0.717) is 22.3 Å². The number of alkyl halides is 10. The van der Waals surface area contributed by atoms with E-state index >= 15 is 0 Å². The van der Waals surface area contributed by atoms with Gasteiger partial charge in [0.25, 0.3) is 0 Å². The Bertz CT molecular complexity index is 1130. The van der Waals surface area contributed by atoms with Crippen molar-refractivity contribution < 1.29 is 63.0 Å². The van der Waals surface area contributed by atoms with Crippen molar-refractivity contribution in [2.75, 3.05) is 0 Å². The van der Waals surface area contributed by atoms with Crippen LogP contribution in [0.2, 0.25) is 0 Å². The van der Waals surface area contributed by atoms with E-state index in [1.54, 1.807) is 26.0 Å². The highest BCUT2D eigenvalue weighted by Crippen LogP contribution is 2.38. The summed E-state index contributed by atoms with van der Waals surface area (Å²) in [5.41, 5.74) is 1.67. The molecule has 0 bridgehead atoms. The summed E-state index contributed by atoms with van der Waals surface area (Å²) in [5.74, 6) is -18.3. The zero-order valence-corrected chi connectivity index (χ0v) is 19.2. The monoisotopic (exact) mass is 558 g/mol. The number of carbonyl (C=O) groups excluding carboxylic acids is 2. The summed E-state index contributed by atoms with van der Waals surface area (Å²) in [6.07, 6.45) is -9.13. The molecule has 0 atom stereocenters. The minimum Gasteiger partial charge on any atom is -0.422 e. The van der Waals surface area contributed by atoms with Gasteiger partial charge in [-0.25, -0.2) is 9.59 Å². The van der Waals surface area contributed by atoms with Gasteiger partial charge in [-0.2, -0.15) is 43.9 Å². The standard InChI is InChI=1S/C24H16F10O4/c1-3-17(13-5-9-15(10-6-13)37-19(35)21(25,26)23(29,30)31)18(4-2)14-7-11-16(12-8-14)38-20(36)22(27,28)24(32,33)34/h3-12H,1-2H3/b17-3+,18-4+. The molecule has 0 aliphatic carbocycles. The van der Waals surface area contributed by atoms with Gasteiger partial charge in [-0.15, -0.1) is 0 Å². The van der Waals surface area contributed by atoms with Crippen LogP contribution in [-0.4, -0.2) is 36.1 Å². The summed E-state index contributed by atoms with van der Waals surface area (Å²) in [4.78, 5) is 22.5. The highest BCUT2D eigenvalue weighted by Gasteiger charge is 2.65. The first-order chi connectivity index (χ1) is 17.4. The lowest BCUT2D eigenvalue weighted by atomic mass is 9.92. The number of hydrogen-bond acceptors (Lipinski definition) is 4. The molecule has 0 fully saturated rings. The minimum atomic E-state index is -6.14. The van der Waals surface area contributed by atoms with Crippen LogP contribution in [0, 0.1) is 0 Å². The van der Waals surface area contributed by atoms with Gasteiger partial charge in [0.05, 0.1) is 0 Å². The lowest BCUT2D eigenvalue weighted by Crippen LogP contribution is -2.46. The normalized spacial score (nSPS) is 13.8. The van der Waals surface area contributed by atoms with Gasteiger partial charge in [0.2, 0.25) is 0 Å². The number of benzene rings is 2. The predicted octanol–water partition coefficient (Wildman–Crippen LogP) is 7.40. The Morgan fingerprint density at radius 2 is 0.816 bits per heavy atom. The summed E-state index contributed by atoms with van der Waals surface area (Å²) < 4.78 is 134. The van der Waals surface area contributed by atoms with Gasteiger partial charge < -0.3 is 9.47 Å². The van der Waals surface area contributed by atoms with Gasteiger partial charge in [0.15, 0.2) is 0 Å². The summed E-state index contributed by atoms with van der Waals surface area (Å²) in [6, 6.07) is 8.90. The van der Waals surface area contributed by atoms with Gasteiger partial charge >= 0.3 is 36.1 Å². The second-order valence-corrected chi connectivity index (χ2v) is 7.38. The van der Waals surface area contributed by atoms with Crippen LogP contribution in [0.5, 0.6) is 11.5 Å². The minimum absolute atomic E-state index is 0.378. The molecular weight excluding hydrogens is 542 g/mol. The molecule has 206 valence electrons. The van der Waals surface area contributed by atoms with Crippen molar-refractivity contribution in [1.82, 2.24) is 0 Å². The van der Waals surface area contributed by atoms with E-state index in [1.165, 1.54) is 24.3 Å². The maximum absolute atomic E-state index is 13.1. The lowest BCUT2D eigenvalue weighted by molar-refractivity contribution is -0.276. The molecule has 0 unspecified atom stereocenters. The number of ether oxygens (including phenoxy) is 2. The van der Waals surface area contributed by atoms with Crippen LogP contribution in [0.3, 0.4) is 0 Å². The molecule has 2 aromatic rings. The van der Waals surface area contributed by atoms with Crippen molar-refractivity contribution in [1.29, 1.82) is 0 Å². The van der Waals surface area contributed by atoms with Gasteiger partial charge in [-0.3, -0.25) is 0 Å². The quantitative estimate of drug-likeness (QED) is 0.154. The molecular formula is C24H16F10O4. The molecule has 0 heterocycles. The van der Waals surface area contributed by atoms with E-state index in [4.69, 9.17) is 0 Å². The third-order valence-electron chi connectivity index (χ3n) is 4.84. The largest absolute Gasteiger partial charge is 0.465 e. The number of allylic oxidation sites excluding steroid dienone is 4. The van der Waals surface area contributed by atoms with Crippen molar-refractivity contribution in [3.05, 3.63) is 71.8 Å². The van der Waals surface area contributed by atoms with Crippen molar-refractivity contribution in [2.24, 2.45) is 0 Å². The van der Waals surface area contributed by atoms with Gasteiger partial charge in [-0.05, 0) is 60.4 Å². The Hall–Kier alpha value is -3.84. The molecule has 0 saturated carbocycles. The Morgan fingerprint density at radius 3 is 1.03 bits per heavy atom. The van der Waals surface area contributed by atoms with Crippen LogP contribution in [0.4, 0.5) is 43.9 Å². The molecule has 2 aromatic carbocycles. The number of halogens is 10. The molecule has 0 radical (unpaired) electrons. The number of rotatable bonds is 7. The number of esters is 2. The smallest absolute Gasteiger partial charge is 0.422 e. The predicted molar refractivity (Wildman–Crippen MR) is 113 cm³/mol. The Labute approximate surface area is 208 Å². The van der Waals surface area contributed by atoms with Gasteiger partial charge in [0.1, 0.15) is 11.5 Å². The van der Waals surface area contributed by atoms with Crippen molar-refractivity contribution >= 4 is 23.1 Å². The van der Waals surface area contributed by atoms with Crippen molar-refractivity contribution in [3.63, 3.8) is 0 Å². The van der Waals surface area contributed by atoms with Gasteiger partial charge in [-0.1, -0.05) is 36.4 Å². The SMILES string of the molecule is C/C=C(/C(=C/C)c1ccc(OC(=O)C(F)(F)C(F)(F)F)cc1)c1ccc(OC(=O)C(F)(F)C(F)(F)F)cc1. The van der Waals surface area contributed by atoms with Crippen molar-refractivity contribution in [2.45, 2.75) is 38.0 Å². The fraction of sp³-hybridized carbons (Fsp3) is 0.250. The Morgan fingerprint density at radius 1 is 0.553 bits per heavy atom. The van der Waals surface area contributed by atoms with Crippen LogP contribution in [0.15, 0.2) is 60.7 Å². The molecule has 0 spiro atoms. The Kier molecular flexibility index (Phi) is 8.69. The first-order valence-corrected chi connectivity index (χ1v) is 10.2. The van der Waals surface area contributed by atoms with Crippen LogP contribution < -0.4 is 9.47 Å². The fourth-order valence-corrected chi connectivity index (χ4v) is 2.93. The molecule has 2 rings (SSSR count). The maximum Gasteiger partial charge on any atom is 0.465 e. The van der Waals surface area contributed by atoms with Crippen LogP contribution in [0.1, 0.15) is 25.0 Å². The summed E-state index contributed by atoms with van der Waals surface area (Å²) in [5, 5.41) is 0. The van der Waals surface area contributed by atoms with E-state index in [0.717, 1.165) is 24.3 Å². The summed E-state index contributed by atoms with van der Waals surface area (Å²) >= 11 is 0. The first-order valence-electron chi connectivity index (χ1n) is 10.2. The molecule has 38 heavy (non-hydrogen) atoms. The second-order valence-electron chi connectivity index (χ2n) is 7.38. The van der Waals surface area contributed by atoms with E-state index in [1.807, 2.05) is 0 Å². The Balaban J connectivity index is 2.23. The topological polar surface area (TPSA) is 52.6 Å². The maximum atomic E-state index is 13.1. The van der Waals surface area contributed by atoms with E-state index in [-0.39, 0.29) is 0 Å². The van der Waals surface area contributed by atoms with Gasteiger partial charge in [0, 0.05) is 0 Å². The highest BCUT2D eigenvalue weighted by atomic mass is 19.4. The molecule has 0 saturated heterocycles. The number of hydrogen-bond donors (Lipinski definition) is 0. The van der Waals surface area contributed by atoms with E-state index in [9.17, 15) is 53.5 Å². The average Bonchev–Trinajstić information content (AvgIpc) is 2.82. The fourth-order valence-electron chi connectivity index (χ4n) is 2.93. The van der Waals surface area contributed by atoms with E-state index in [2.05, 4.69) is 9.47 Å². The summed E-state index contributed by atoms with van der Waals surface area (Å²) in [7, 11) is 0. The summed E-state index contributed by atoms with van der Waals surface area (Å²) in [6.45, 7) is 3.18. The average molecular weight is 558 g/mol. The molecule has 0 aliphatic heterocycles. The number of carbonyl (C=O) groups is 2. The highest BCUT2D eigenvalue weighted by molar-refractivity contribution is 6.04. The molecule has 0 aliphatic rings. The third kappa shape index (κ3) is 6.34. The van der Waals surface area contributed by atoms with Crippen LogP contribution in [-0.2, 0) is 9.59 Å². The first kappa shape index (κ1) is 30.4. The zero-order chi connectivity index (χ0) is 29.1. The van der Waals surface area contributed by atoms with E-state index < -0.39 is 47.6 Å². The van der Waals surface area contributed by atoms with Crippen molar-refractivity contribution in [3.8, 4) is 11.5 Å². The molecule has 14 heteroatoms. The second kappa shape index (κ2) is 10.9. The third-order valence-corrected chi connectivity index (χ3v) is 4.84. The molecule has 0 amide bonds.